The van der Waals surface area contributed by atoms with Crippen molar-refractivity contribution in [3.63, 3.8) is 0 Å². The number of anilines is 1. The van der Waals surface area contributed by atoms with E-state index in [2.05, 4.69) is 32.2 Å². The normalized spacial score (nSPS) is 29.5. The van der Waals surface area contributed by atoms with Crippen LogP contribution in [0.15, 0.2) is 24.5 Å². The highest BCUT2D eigenvalue weighted by molar-refractivity contribution is 6.30. The number of imidazole rings is 1. The van der Waals surface area contributed by atoms with Crippen molar-refractivity contribution in [2.75, 3.05) is 18.0 Å². The van der Waals surface area contributed by atoms with Gasteiger partial charge in [-0.25, -0.2) is 23.5 Å². The molecule has 2 amide bonds. The second-order valence-corrected chi connectivity index (χ2v) is 13.7. The summed E-state index contributed by atoms with van der Waals surface area (Å²) in [6.07, 6.45) is 6.11. The zero-order chi connectivity index (χ0) is 31.6. The van der Waals surface area contributed by atoms with E-state index >= 15 is 0 Å². The summed E-state index contributed by atoms with van der Waals surface area (Å²) in [5.41, 5.74) is 6.00. The largest absolute Gasteiger partial charge is 0.427 e. The molecule has 5 heterocycles. The van der Waals surface area contributed by atoms with Crippen molar-refractivity contribution in [2.24, 2.45) is 17.8 Å². The van der Waals surface area contributed by atoms with E-state index in [4.69, 9.17) is 26.4 Å². The van der Waals surface area contributed by atoms with E-state index in [-0.39, 0.29) is 18.5 Å². The van der Waals surface area contributed by atoms with Gasteiger partial charge in [-0.15, -0.1) is 5.48 Å². The summed E-state index contributed by atoms with van der Waals surface area (Å²) in [5, 5.41) is 3.18. The first-order valence-electron chi connectivity index (χ1n) is 15.7. The molecule has 14 heteroatoms. The first kappa shape index (κ1) is 30.1. The number of halogens is 3. The number of hydrogen-bond donors (Lipinski definition) is 2. The Balaban J connectivity index is 1.34. The summed E-state index contributed by atoms with van der Waals surface area (Å²) in [6, 6.07) is 3.29. The molecule has 240 valence electrons. The quantitative estimate of drug-likeness (QED) is 0.372. The van der Waals surface area contributed by atoms with Gasteiger partial charge in [0.25, 0.3) is 5.92 Å². The molecule has 3 aromatic heterocycles. The van der Waals surface area contributed by atoms with Gasteiger partial charge in [-0.3, -0.25) is 15.1 Å². The Kier molecular flexibility index (Phi) is 7.58. The Hall–Kier alpha value is -3.58. The lowest BCUT2D eigenvalue weighted by molar-refractivity contribution is -0.136. The van der Waals surface area contributed by atoms with Crippen LogP contribution in [-0.4, -0.2) is 67.5 Å². The number of nitrogens with one attached hydrogen (secondary N) is 2. The molecule has 0 radical (unpaired) electrons. The molecule has 7 rings (SSSR count). The highest BCUT2D eigenvalue weighted by Gasteiger charge is 2.62. The summed E-state index contributed by atoms with van der Waals surface area (Å²) >= 11 is 6.40. The molecule has 0 bridgehead atoms. The number of hydrogen-bond acceptors (Lipinski definition) is 8. The molecule has 2 aliphatic carbocycles. The van der Waals surface area contributed by atoms with Crippen LogP contribution in [-0.2, 0) is 16.2 Å². The predicted octanol–water partition coefficient (Wildman–Crippen LogP) is 5.30. The Labute approximate surface area is 264 Å². The van der Waals surface area contributed by atoms with Crippen LogP contribution in [0, 0.1) is 17.8 Å². The summed E-state index contributed by atoms with van der Waals surface area (Å²) in [6.45, 7) is 7.68. The minimum atomic E-state index is -2.90. The van der Waals surface area contributed by atoms with Crippen molar-refractivity contribution in [3.8, 4) is 11.3 Å². The topological polar surface area (TPSA) is 118 Å². The van der Waals surface area contributed by atoms with Crippen molar-refractivity contribution >= 4 is 40.6 Å². The number of carbonyl (C=O) groups is 2. The van der Waals surface area contributed by atoms with Gasteiger partial charge in [0.1, 0.15) is 5.92 Å². The molecule has 4 atom stereocenters. The fourth-order valence-corrected chi connectivity index (χ4v) is 7.39. The van der Waals surface area contributed by atoms with Crippen LogP contribution in [0.25, 0.3) is 22.3 Å². The first-order valence-corrected chi connectivity index (χ1v) is 16.1. The van der Waals surface area contributed by atoms with Crippen LogP contribution in [0.5, 0.6) is 0 Å². The Morgan fingerprint density at radius 2 is 1.80 bits per heavy atom. The third-order valence-electron chi connectivity index (χ3n) is 9.69. The maximum atomic E-state index is 13.8. The summed E-state index contributed by atoms with van der Waals surface area (Å²) in [7, 11) is 0. The molecular formula is C31H37ClF2N8O3. The van der Waals surface area contributed by atoms with Crippen molar-refractivity contribution in [3.05, 3.63) is 35.2 Å². The van der Waals surface area contributed by atoms with Crippen LogP contribution in [0.1, 0.15) is 64.7 Å². The third kappa shape index (κ3) is 5.69. The van der Waals surface area contributed by atoms with Crippen LogP contribution >= 0.6 is 11.6 Å². The summed E-state index contributed by atoms with van der Waals surface area (Å²) in [5.74, 6) is -2.73. The van der Waals surface area contributed by atoms with Crippen molar-refractivity contribution in [2.45, 2.75) is 83.6 Å². The molecule has 3 aromatic rings. The predicted molar refractivity (Wildman–Crippen MR) is 163 cm³/mol. The van der Waals surface area contributed by atoms with Gasteiger partial charge in [0.2, 0.25) is 11.9 Å². The van der Waals surface area contributed by atoms with Crippen LogP contribution in [0.2, 0.25) is 5.02 Å². The molecule has 2 saturated carbocycles. The average molecular weight is 643 g/mol. The average Bonchev–Trinajstić information content (AvgIpc) is 3.26. The number of pyridine rings is 2. The van der Waals surface area contributed by atoms with Gasteiger partial charge in [0.05, 0.1) is 27.4 Å². The van der Waals surface area contributed by atoms with E-state index in [0.29, 0.717) is 52.4 Å². The molecule has 2 N–H and O–H groups in total. The molecule has 2 aliphatic heterocycles. The van der Waals surface area contributed by atoms with E-state index < -0.39 is 30.0 Å². The number of nitrogens with zero attached hydrogens (tertiary/aromatic N) is 6. The molecule has 45 heavy (non-hydrogen) atoms. The Morgan fingerprint density at radius 3 is 2.42 bits per heavy atom. The molecule has 4 aliphatic rings. The van der Waals surface area contributed by atoms with E-state index in [0.717, 1.165) is 43.7 Å². The zero-order valence-electron chi connectivity index (χ0n) is 25.5. The summed E-state index contributed by atoms with van der Waals surface area (Å²) in [4.78, 5) is 48.1. The lowest BCUT2D eigenvalue weighted by atomic mass is 9.83. The van der Waals surface area contributed by atoms with Crippen LogP contribution in [0.3, 0.4) is 0 Å². The van der Waals surface area contributed by atoms with Crippen molar-refractivity contribution < 1.29 is 23.2 Å². The molecule has 4 fully saturated rings. The lowest BCUT2D eigenvalue weighted by Gasteiger charge is -2.45. The van der Waals surface area contributed by atoms with Crippen molar-refractivity contribution in [1.82, 2.24) is 35.2 Å². The van der Waals surface area contributed by atoms with Crippen LogP contribution in [0.4, 0.5) is 19.5 Å². The van der Waals surface area contributed by atoms with E-state index in [1.54, 1.807) is 23.4 Å². The number of aromatic nitrogens is 4. The van der Waals surface area contributed by atoms with Gasteiger partial charge >= 0.3 is 6.09 Å². The van der Waals surface area contributed by atoms with E-state index in [1.165, 1.54) is 0 Å². The van der Waals surface area contributed by atoms with Gasteiger partial charge in [-0.1, -0.05) is 31.4 Å². The Morgan fingerprint density at radius 1 is 1.09 bits per heavy atom. The van der Waals surface area contributed by atoms with Gasteiger partial charge in [-0.05, 0) is 50.7 Å². The number of amides is 2. The van der Waals surface area contributed by atoms with Gasteiger partial charge in [-0.2, -0.15) is 0 Å². The lowest BCUT2D eigenvalue weighted by Crippen LogP contribution is -2.59. The number of alkyl halides is 2. The first-order chi connectivity index (χ1) is 21.5. The second kappa shape index (κ2) is 11.3. The van der Waals surface area contributed by atoms with Gasteiger partial charge in [0.15, 0.2) is 6.17 Å². The van der Waals surface area contributed by atoms with Gasteiger partial charge < -0.3 is 19.2 Å². The maximum absolute atomic E-state index is 13.8. The Bertz CT molecular complexity index is 1630. The zero-order valence-corrected chi connectivity index (χ0v) is 26.2. The number of rotatable bonds is 6. The van der Waals surface area contributed by atoms with Gasteiger partial charge in [0, 0.05) is 56.1 Å². The molecule has 2 unspecified atom stereocenters. The van der Waals surface area contributed by atoms with Crippen LogP contribution < -0.4 is 15.7 Å². The fourth-order valence-electron chi connectivity index (χ4n) is 7.22. The highest BCUT2D eigenvalue weighted by atomic mass is 35.5. The minimum Gasteiger partial charge on any atom is -0.351 e. The fraction of sp³-hybridized carbons (Fsp3) is 0.581. The number of hydroxylamine groups is 1. The molecular weight excluding hydrogens is 606 g/mol. The minimum absolute atomic E-state index is 0.181. The number of carbonyl (C=O) groups excluding carboxylic acids is 2. The summed E-state index contributed by atoms with van der Waals surface area (Å²) < 4.78 is 29.8. The smallest absolute Gasteiger partial charge is 0.351 e. The molecule has 2 saturated heterocycles. The molecule has 11 nitrogen and oxygen atoms in total. The molecule has 0 spiro atoms. The number of piperazine rings is 1. The van der Waals surface area contributed by atoms with Crippen molar-refractivity contribution in [1.29, 1.82) is 0 Å². The highest BCUT2D eigenvalue weighted by Crippen LogP contribution is 2.50. The molecule has 0 aromatic carbocycles. The van der Waals surface area contributed by atoms with E-state index in [1.807, 2.05) is 19.9 Å². The standard InChI is InChI=1S/C31H37ClF2N8O3/c1-16-4-6-19(7-5-16)15-41-26-23(9-24(27-38-30(44)45-39-27)36-25(26)20-8-21(32)12-35-11-20)37-29(41)42-17(2)13-40(14-18(42)3)28(43)22-10-31(22,33)34/h8-9,11-12,16-19,22,27,39H,4-7,10,13-15H2,1-3H3,(H,38,44)/t16?,17-,18-,19?,22?,27?/m1/s1. The monoisotopic (exact) mass is 642 g/mol. The SMILES string of the molecule is CC1CCC(Cn2c(N3[C@H](C)CN(C(=O)C4CC4(F)F)C[C@H]3C)nc3cc(C4NOC(=O)N4)nc(-c4cncc(Cl)c4)c32)CC1. The number of fused-ring (bicyclic) bond motifs is 1. The maximum Gasteiger partial charge on any atom is 0.427 e. The van der Waals surface area contributed by atoms with E-state index in [9.17, 15) is 18.4 Å². The second-order valence-electron chi connectivity index (χ2n) is 13.3. The third-order valence-corrected chi connectivity index (χ3v) is 9.90.